The monoisotopic (exact) mass is 422 g/mol. The lowest BCUT2D eigenvalue weighted by atomic mass is 9.92. The van der Waals surface area contributed by atoms with E-state index < -0.39 is 11.4 Å². The van der Waals surface area contributed by atoms with E-state index in [1.165, 1.54) is 6.08 Å². The van der Waals surface area contributed by atoms with Crippen LogP contribution in [-0.4, -0.2) is 28.7 Å². The average Bonchev–Trinajstić information content (AvgIpc) is 3.30. The normalized spacial score (nSPS) is 16.2. The largest absolute Gasteiger partial charge is 0.461 e. The van der Waals surface area contributed by atoms with E-state index in [-0.39, 0.29) is 12.1 Å². The van der Waals surface area contributed by atoms with Crippen LogP contribution in [0.25, 0.3) is 6.08 Å². The number of carbonyl (C=O) groups excluding carboxylic acids is 2. The molecule has 2 aromatic rings. The summed E-state index contributed by atoms with van der Waals surface area (Å²) in [5.74, 6) is -0.791. The molecule has 6 heteroatoms. The summed E-state index contributed by atoms with van der Waals surface area (Å²) in [4.78, 5) is 24.2. The highest BCUT2D eigenvalue weighted by molar-refractivity contribution is 5.90. The van der Waals surface area contributed by atoms with Crippen molar-refractivity contribution in [2.24, 2.45) is 0 Å². The fourth-order valence-corrected chi connectivity index (χ4v) is 3.75. The summed E-state index contributed by atoms with van der Waals surface area (Å²) in [5, 5.41) is 12.0. The molecule has 6 nitrogen and oxygen atoms in total. The van der Waals surface area contributed by atoms with E-state index >= 15 is 0 Å². The Bertz CT molecular complexity index is 889. The minimum absolute atomic E-state index is 0.0200. The number of hydroxylamine groups is 1. The Hall–Kier alpha value is -2.96. The van der Waals surface area contributed by atoms with Crippen LogP contribution in [0, 0.1) is 0 Å². The number of carbonyl (C=O) groups is 2. The van der Waals surface area contributed by atoms with Gasteiger partial charge in [0, 0.05) is 19.0 Å². The molecule has 0 saturated heterocycles. The average molecular weight is 423 g/mol. The van der Waals surface area contributed by atoms with Gasteiger partial charge in [0.2, 0.25) is 0 Å². The van der Waals surface area contributed by atoms with E-state index in [0.717, 1.165) is 42.4 Å². The van der Waals surface area contributed by atoms with E-state index in [4.69, 9.17) is 9.94 Å². The molecule has 1 fully saturated rings. The third-order valence-corrected chi connectivity index (χ3v) is 5.63. The molecule has 1 atom stereocenters. The third kappa shape index (κ3) is 6.77. The van der Waals surface area contributed by atoms with Crippen LogP contribution in [0.15, 0.2) is 60.7 Å². The lowest BCUT2D eigenvalue weighted by Gasteiger charge is -2.30. The molecular formula is C25H30N2O4. The second-order valence-electron chi connectivity index (χ2n) is 8.21. The Morgan fingerprint density at radius 3 is 2.39 bits per heavy atom. The summed E-state index contributed by atoms with van der Waals surface area (Å²) in [6.07, 6.45) is 7.53. The molecule has 0 unspecified atom stereocenters. The van der Waals surface area contributed by atoms with Gasteiger partial charge in [-0.1, -0.05) is 54.6 Å². The molecule has 0 heterocycles. The Labute approximate surface area is 183 Å². The summed E-state index contributed by atoms with van der Waals surface area (Å²) in [6, 6.07) is 17.6. The van der Waals surface area contributed by atoms with Crippen LogP contribution in [0.4, 0.5) is 0 Å². The number of ether oxygens (including phenoxy) is 1. The quantitative estimate of drug-likeness (QED) is 0.248. The molecule has 0 aromatic heterocycles. The molecular weight excluding hydrogens is 392 g/mol. The Balaban J connectivity index is 1.68. The van der Waals surface area contributed by atoms with Crippen molar-refractivity contribution in [2.45, 2.75) is 57.2 Å². The maximum atomic E-state index is 13.1. The third-order valence-electron chi connectivity index (χ3n) is 5.63. The van der Waals surface area contributed by atoms with Crippen LogP contribution in [0.5, 0.6) is 0 Å². The summed E-state index contributed by atoms with van der Waals surface area (Å²) < 4.78 is 5.85. The molecule has 3 N–H and O–H groups in total. The van der Waals surface area contributed by atoms with Crippen molar-refractivity contribution in [3.8, 4) is 0 Å². The predicted molar refractivity (Wildman–Crippen MR) is 119 cm³/mol. The van der Waals surface area contributed by atoms with Crippen LogP contribution in [0.1, 0.15) is 49.3 Å². The van der Waals surface area contributed by atoms with Crippen LogP contribution in [0.2, 0.25) is 0 Å². The predicted octanol–water partition coefficient (Wildman–Crippen LogP) is 3.78. The molecule has 2 aromatic carbocycles. The zero-order chi connectivity index (χ0) is 22.1. The van der Waals surface area contributed by atoms with E-state index in [9.17, 15) is 9.59 Å². The summed E-state index contributed by atoms with van der Waals surface area (Å²) in [5.41, 5.74) is 3.63. The summed E-state index contributed by atoms with van der Waals surface area (Å²) in [7, 11) is 0. The Morgan fingerprint density at radius 1 is 1.06 bits per heavy atom. The fraction of sp³-hybridized carbons (Fsp3) is 0.360. The second-order valence-corrected chi connectivity index (χ2v) is 8.21. The zero-order valence-corrected chi connectivity index (χ0v) is 17.8. The van der Waals surface area contributed by atoms with E-state index in [0.29, 0.717) is 13.0 Å². The fourth-order valence-electron chi connectivity index (χ4n) is 3.75. The van der Waals surface area contributed by atoms with Gasteiger partial charge in [-0.2, -0.15) is 0 Å². The maximum Gasteiger partial charge on any atom is 0.326 e. The van der Waals surface area contributed by atoms with Crippen molar-refractivity contribution in [1.29, 1.82) is 0 Å². The summed E-state index contributed by atoms with van der Waals surface area (Å²) in [6.45, 7) is 2.41. The van der Waals surface area contributed by atoms with Crippen LogP contribution in [-0.2, 0) is 27.3 Å². The SMILES string of the molecule is C[C@@](Cc1ccccc1)(NCc1ccc(/C=C/C(=O)NO)cc1)C(=O)OC1CCCC1. The van der Waals surface area contributed by atoms with Crippen molar-refractivity contribution in [3.63, 3.8) is 0 Å². The van der Waals surface area contributed by atoms with Gasteiger partial charge in [0.15, 0.2) is 0 Å². The van der Waals surface area contributed by atoms with Crippen LogP contribution in [0.3, 0.4) is 0 Å². The summed E-state index contributed by atoms with van der Waals surface area (Å²) >= 11 is 0. The molecule has 3 rings (SSSR count). The smallest absolute Gasteiger partial charge is 0.326 e. The Kier molecular flexibility index (Phi) is 7.98. The van der Waals surface area contributed by atoms with Gasteiger partial charge in [0.05, 0.1) is 0 Å². The maximum absolute atomic E-state index is 13.1. The molecule has 0 radical (unpaired) electrons. The van der Waals surface area contributed by atoms with Gasteiger partial charge in [-0.25, -0.2) is 5.48 Å². The van der Waals surface area contributed by atoms with Gasteiger partial charge in [0.25, 0.3) is 5.91 Å². The first-order valence-electron chi connectivity index (χ1n) is 10.7. The first-order chi connectivity index (χ1) is 15.0. The van der Waals surface area contributed by atoms with Gasteiger partial charge in [-0.05, 0) is 55.4 Å². The van der Waals surface area contributed by atoms with Gasteiger partial charge in [-0.3, -0.25) is 20.1 Å². The number of amides is 1. The van der Waals surface area contributed by atoms with E-state index in [1.54, 1.807) is 11.6 Å². The Morgan fingerprint density at radius 2 is 1.74 bits per heavy atom. The van der Waals surface area contributed by atoms with Gasteiger partial charge >= 0.3 is 5.97 Å². The minimum atomic E-state index is -0.846. The number of benzene rings is 2. The number of rotatable bonds is 9. The van der Waals surface area contributed by atoms with Crippen molar-refractivity contribution in [3.05, 3.63) is 77.4 Å². The minimum Gasteiger partial charge on any atom is -0.461 e. The standard InChI is InChI=1S/C25H30N2O4/c1-25(17-20-7-3-2-4-8-20,24(29)31-22-9-5-6-10-22)26-18-21-13-11-19(12-14-21)15-16-23(28)27-30/h2-4,7-8,11-16,22,26,30H,5-6,9-10,17-18H2,1H3,(H,27,28)/b16-15+/t25-/m0/s1. The van der Waals surface area contributed by atoms with E-state index in [2.05, 4.69) is 5.32 Å². The molecule has 164 valence electrons. The molecule has 0 bridgehead atoms. The molecule has 1 saturated carbocycles. The molecule has 1 aliphatic rings. The first-order valence-corrected chi connectivity index (χ1v) is 10.7. The molecule has 31 heavy (non-hydrogen) atoms. The van der Waals surface area contributed by atoms with Crippen LogP contribution >= 0.6 is 0 Å². The van der Waals surface area contributed by atoms with Gasteiger partial charge < -0.3 is 4.74 Å². The van der Waals surface area contributed by atoms with Gasteiger partial charge in [0.1, 0.15) is 11.6 Å². The second kappa shape index (κ2) is 10.9. The highest BCUT2D eigenvalue weighted by Crippen LogP contribution is 2.24. The molecule has 1 amide bonds. The first kappa shape index (κ1) is 22.7. The van der Waals surface area contributed by atoms with E-state index in [1.807, 2.05) is 61.5 Å². The topological polar surface area (TPSA) is 87.7 Å². The molecule has 1 aliphatic carbocycles. The number of hydrogen-bond acceptors (Lipinski definition) is 5. The van der Waals surface area contributed by atoms with Crippen molar-refractivity contribution >= 4 is 18.0 Å². The number of nitrogens with one attached hydrogen (secondary N) is 2. The van der Waals surface area contributed by atoms with Gasteiger partial charge in [-0.15, -0.1) is 0 Å². The molecule has 0 spiro atoms. The van der Waals surface area contributed by atoms with Crippen molar-refractivity contribution < 1.29 is 19.5 Å². The molecule has 0 aliphatic heterocycles. The van der Waals surface area contributed by atoms with Crippen LogP contribution < -0.4 is 10.8 Å². The number of esters is 1. The van der Waals surface area contributed by atoms with Crippen molar-refractivity contribution in [1.82, 2.24) is 10.8 Å². The lowest BCUT2D eigenvalue weighted by Crippen LogP contribution is -2.52. The highest BCUT2D eigenvalue weighted by atomic mass is 16.5. The van der Waals surface area contributed by atoms with Crippen molar-refractivity contribution in [2.75, 3.05) is 0 Å². The highest BCUT2D eigenvalue weighted by Gasteiger charge is 2.36. The number of hydrogen-bond donors (Lipinski definition) is 3. The zero-order valence-electron chi connectivity index (χ0n) is 17.8. The lowest BCUT2D eigenvalue weighted by molar-refractivity contribution is -0.156.